The molecule has 0 fully saturated rings. The van der Waals surface area contributed by atoms with Crippen LogP contribution in [0.4, 0.5) is 0 Å². The van der Waals surface area contributed by atoms with E-state index in [0.29, 0.717) is 17.2 Å². The second-order valence-corrected chi connectivity index (χ2v) is 6.02. The number of thioether (sulfide) groups is 1. The molecule has 3 heterocycles. The summed E-state index contributed by atoms with van der Waals surface area (Å²) in [5, 5.41) is 5.03. The smallest absolute Gasteiger partial charge is 0.271 e. The Morgan fingerprint density at radius 1 is 1.26 bits per heavy atom. The Hall–Kier alpha value is -2.74. The highest BCUT2D eigenvalue weighted by atomic mass is 32.2. The van der Waals surface area contributed by atoms with Gasteiger partial charge in [-0.15, -0.1) is 0 Å². The summed E-state index contributed by atoms with van der Waals surface area (Å²) in [6, 6.07) is 9.41. The van der Waals surface area contributed by atoms with Crippen molar-refractivity contribution in [1.82, 2.24) is 29.5 Å². The highest BCUT2D eigenvalue weighted by Gasteiger charge is 2.10. The van der Waals surface area contributed by atoms with Crippen molar-refractivity contribution in [2.24, 2.45) is 0 Å². The third kappa shape index (κ3) is 2.57. The molecule has 0 saturated heterocycles. The fourth-order valence-electron chi connectivity index (χ4n) is 2.31. The standard InChI is InChI=1S/C15H12N6OS/c1-9-6-13(21-15(18-9)16-8-17-21)23-7-12-14(22)20-11-5-3-2-4-10(11)19-12/h2-6,8H,7H2,1H3,(H,20,22). The molecule has 0 bridgehead atoms. The summed E-state index contributed by atoms with van der Waals surface area (Å²) in [5.41, 5.74) is 2.69. The lowest BCUT2D eigenvalue weighted by Gasteiger charge is -2.05. The van der Waals surface area contributed by atoms with Gasteiger partial charge in [-0.1, -0.05) is 23.9 Å². The fraction of sp³-hybridized carbons (Fsp3) is 0.133. The fourth-order valence-corrected chi connectivity index (χ4v) is 3.29. The second-order valence-electron chi connectivity index (χ2n) is 5.03. The van der Waals surface area contributed by atoms with Gasteiger partial charge in [0.2, 0.25) is 0 Å². The molecule has 0 aliphatic rings. The molecule has 0 spiro atoms. The number of hydrogen-bond donors (Lipinski definition) is 1. The minimum absolute atomic E-state index is 0.170. The maximum absolute atomic E-state index is 12.2. The Morgan fingerprint density at radius 3 is 3.04 bits per heavy atom. The lowest BCUT2D eigenvalue weighted by molar-refractivity contribution is 0.833. The summed E-state index contributed by atoms with van der Waals surface area (Å²) in [6.07, 6.45) is 1.47. The number of benzene rings is 1. The summed E-state index contributed by atoms with van der Waals surface area (Å²) >= 11 is 1.48. The number of para-hydroxylation sites is 2. The molecule has 0 atom stereocenters. The molecular formula is C15H12N6OS. The summed E-state index contributed by atoms with van der Waals surface area (Å²) < 4.78 is 1.66. The number of aromatic nitrogens is 6. The van der Waals surface area contributed by atoms with E-state index in [1.165, 1.54) is 18.1 Å². The molecule has 23 heavy (non-hydrogen) atoms. The Labute approximate surface area is 134 Å². The number of aryl methyl sites for hydroxylation is 1. The molecule has 8 heteroatoms. The quantitative estimate of drug-likeness (QED) is 0.458. The van der Waals surface area contributed by atoms with Crippen LogP contribution in [-0.4, -0.2) is 29.5 Å². The maximum Gasteiger partial charge on any atom is 0.271 e. The Bertz CT molecular complexity index is 1070. The van der Waals surface area contributed by atoms with Crippen molar-refractivity contribution in [2.75, 3.05) is 0 Å². The van der Waals surface area contributed by atoms with Gasteiger partial charge in [0, 0.05) is 11.4 Å². The van der Waals surface area contributed by atoms with E-state index in [2.05, 4.69) is 25.0 Å². The van der Waals surface area contributed by atoms with Crippen LogP contribution in [0.15, 0.2) is 46.5 Å². The van der Waals surface area contributed by atoms with Crippen LogP contribution >= 0.6 is 11.8 Å². The van der Waals surface area contributed by atoms with Crippen LogP contribution < -0.4 is 5.56 Å². The van der Waals surface area contributed by atoms with E-state index >= 15 is 0 Å². The van der Waals surface area contributed by atoms with Gasteiger partial charge in [0.05, 0.1) is 11.0 Å². The number of aromatic amines is 1. The molecule has 0 aliphatic carbocycles. The van der Waals surface area contributed by atoms with E-state index < -0.39 is 0 Å². The van der Waals surface area contributed by atoms with Crippen molar-refractivity contribution in [1.29, 1.82) is 0 Å². The first-order valence-electron chi connectivity index (χ1n) is 6.99. The van der Waals surface area contributed by atoms with Gasteiger partial charge in [0.15, 0.2) is 0 Å². The normalized spacial score (nSPS) is 11.3. The van der Waals surface area contributed by atoms with Crippen LogP contribution in [0, 0.1) is 6.92 Å². The van der Waals surface area contributed by atoms with E-state index in [1.807, 2.05) is 37.3 Å². The highest BCUT2D eigenvalue weighted by molar-refractivity contribution is 7.98. The minimum atomic E-state index is -0.170. The number of rotatable bonds is 3. The monoisotopic (exact) mass is 324 g/mol. The third-order valence-electron chi connectivity index (χ3n) is 3.37. The molecule has 4 aromatic rings. The zero-order valence-electron chi connectivity index (χ0n) is 12.2. The highest BCUT2D eigenvalue weighted by Crippen LogP contribution is 2.22. The molecule has 1 N–H and O–H groups in total. The molecule has 1 aromatic carbocycles. The van der Waals surface area contributed by atoms with Gasteiger partial charge in [-0.3, -0.25) is 4.79 Å². The van der Waals surface area contributed by atoms with Gasteiger partial charge < -0.3 is 4.98 Å². The molecule has 0 unspecified atom stereocenters. The van der Waals surface area contributed by atoms with Crippen LogP contribution in [-0.2, 0) is 5.75 Å². The lowest BCUT2D eigenvalue weighted by Crippen LogP contribution is -2.14. The van der Waals surface area contributed by atoms with Crippen molar-refractivity contribution in [3.05, 3.63) is 58.4 Å². The number of H-pyrrole nitrogens is 1. The number of nitrogens with one attached hydrogen (secondary N) is 1. The van der Waals surface area contributed by atoms with E-state index in [4.69, 9.17) is 0 Å². The van der Waals surface area contributed by atoms with Gasteiger partial charge in [-0.25, -0.2) is 9.97 Å². The Morgan fingerprint density at radius 2 is 2.13 bits per heavy atom. The first kappa shape index (κ1) is 13.9. The summed E-state index contributed by atoms with van der Waals surface area (Å²) in [4.78, 5) is 27.9. The number of hydrogen-bond acceptors (Lipinski definition) is 6. The van der Waals surface area contributed by atoms with Crippen LogP contribution in [0.1, 0.15) is 11.4 Å². The van der Waals surface area contributed by atoms with Crippen LogP contribution in [0.3, 0.4) is 0 Å². The van der Waals surface area contributed by atoms with Gasteiger partial charge in [-0.05, 0) is 25.1 Å². The number of nitrogens with zero attached hydrogens (tertiary/aromatic N) is 5. The van der Waals surface area contributed by atoms with E-state index in [1.54, 1.807) is 4.52 Å². The van der Waals surface area contributed by atoms with E-state index in [9.17, 15) is 4.79 Å². The molecule has 0 saturated carbocycles. The van der Waals surface area contributed by atoms with Crippen molar-refractivity contribution in [3.63, 3.8) is 0 Å². The molecule has 4 rings (SSSR count). The molecular weight excluding hydrogens is 312 g/mol. The first-order chi connectivity index (χ1) is 11.2. The summed E-state index contributed by atoms with van der Waals surface area (Å²) in [5.74, 6) is 0.992. The Kier molecular flexibility index (Phi) is 3.30. The van der Waals surface area contributed by atoms with Crippen molar-refractivity contribution >= 4 is 28.6 Å². The second kappa shape index (κ2) is 5.47. The van der Waals surface area contributed by atoms with Crippen LogP contribution in [0.2, 0.25) is 0 Å². The topological polar surface area (TPSA) is 88.8 Å². The van der Waals surface area contributed by atoms with Crippen molar-refractivity contribution < 1.29 is 0 Å². The average Bonchev–Trinajstić information content (AvgIpc) is 3.00. The van der Waals surface area contributed by atoms with Crippen molar-refractivity contribution in [3.8, 4) is 0 Å². The summed E-state index contributed by atoms with van der Waals surface area (Å²) in [7, 11) is 0. The largest absolute Gasteiger partial charge is 0.319 e. The average molecular weight is 324 g/mol. The lowest BCUT2D eigenvalue weighted by atomic mass is 10.3. The van der Waals surface area contributed by atoms with E-state index in [-0.39, 0.29) is 5.56 Å². The maximum atomic E-state index is 12.2. The van der Waals surface area contributed by atoms with Gasteiger partial charge in [-0.2, -0.15) is 14.6 Å². The van der Waals surface area contributed by atoms with Gasteiger partial charge in [0.1, 0.15) is 17.0 Å². The molecule has 3 aromatic heterocycles. The summed E-state index contributed by atoms with van der Waals surface area (Å²) in [6.45, 7) is 1.90. The zero-order valence-corrected chi connectivity index (χ0v) is 13.0. The molecule has 7 nitrogen and oxygen atoms in total. The predicted molar refractivity (Wildman–Crippen MR) is 87.4 cm³/mol. The minimum Gasteiger partial charge on any atom is -0.319 e. The third-order valence-corrected chi connectivity index (χ3v) is 4.38. The number of fused-ring (bicyclic) bond motifs is 2. The van der Waals surface area contributed by atoms with Crippen LogP contribution in [0.25, 0.3) is 16.8 Å². The van der Waals surface area contributed by atoms with Gasteiger partial charge in [0.25, 0.3) is 11.3 Å². The molecule has 0 aliphatic heterocycles. The van der Waals surface area contributed by atoms with Gasteiger partial charge >= 0.3 is 0 Å². The zero-order chi connectivity index (χ0) is 15.8. The van der Waals surface area contributed by atoms with Crippen molar-refractivity contribution in [2.45, 2.75) is 17.7 Å². The molecule has 114 valence electrons. The Balaban J connectivity index is 1.69. The first-order valence-corrected chi connectivity index (χ1v) is 7.97. The molecule has 0 amide bonds. The SMILES string of the molecule is Cc1cc(SCc2nc3ccccc3[nH]c2=O)n2ncnc2n1. The predicted octanol–water partition coefficient (Wildman–Crippen LogP) is 1.96. The van der Waals surface area contributed by atoms with Crippen LogP contribution in [0.5, 0.6) is 0 Å². The van der Waals surface area contributed by atoms with E-state index in [0.717, 1.165) is 21.8 Å². The molecule has 0 radical (unpaired) electrons.